The minimum Gasteiger partial charge on any atom is -0.466 e. The molecule has 1 aliphatic heterocycles. The maximum absolute atomic E-state index is 13.6. The van der Waals surface area contributed by atoms with Gasteiger partial charge in [0.15, 0.2) is 0 Å². The number of anilines is 1. The van der Waals surface area contributed by atoms with E-state index in [0.29, 0.717) is 30.9 Å². The van der Waals surface area contributed by atoms with Gasteiger partial charge in [-0.15, -0.1) is 0 Å². The average molecular weight is 590 g/mol. The van der Waals surface area contributed by atoms with Crippen LogP contribution in [0.25, 0.3) is 0 Å². The zero-order valence-corrected chi connectivity index (χ0v) is 24.9. The minimum atomic E-state index is -0.403. The van der Waals surface area contributed by atoms with Crippen molar-refractivity contribution in [1.82, 2.24) is 9.80 Å². The average Bonchev–Trinajstić information content (AvgIpc) is 3.08. The lowest BCUT2D eigenvalue weighted by molar-refractivity contribution is -0.144. The summed E-state index contributed by atoms with van der Waals surface area (Å²) < 4.78 is 5.30. The first-order valence-corrected chi connectivity index (χ1v) is 15.3. The monoisotopic (exact) mass is 589 g/mol. The number of hydrogen-bond donors (Lipinski definition) is 1. The summed E-state index contributed by atoms with van der Waals surface area (Å²) in [6.45, 7) is 2.92. The normalized spacial score (nSPS) is 13.4. The Labute approximate surface area is 259 Å². The fraction of sp³-hybridized carbons (Fsp3) is 0.270. The Bertz CT molecular complexity index is 1460. The molecule has 2 amide bonds. The molecule has 226 valence electrons. The Morgan fingerprint density at radius 2 is 1.25 bits per heavy atom. The van der Waals surface area contributed by atoms with E-state index in [1.54, 1.807) is 24.3 Å². The van der Waals surface area contributed by atoms with Gasteiger partial charge in [-0.2, -0.15) is 0 Å². The van der Waals surface area contributed by atoms with Crippen LogP contribution >= 0.6 is 0 Å². The summed E-state index contributed by atoms with van der Waals surface area (Å²) in [5.74, 6) is -0.848. The Morgan fingerprint density at radius 1 is 0.682 bits per heavy atom. The molecule has 0 radical (unpaired) electrons. The molecule has 0 spiro atoms. The summed E-state index contributed by atoms with van der Waals surface area (Å²) >= 11 is 0. The van der Waals surface area contributed by atoms with Crippen molar-refractivity contribution in [2.75, 3.05) is 38.1 Å². The van der Waals surface area contributed by atoms with Crippen LogP contribution in [0.4, 0.5) is 5.69 Å². The molecule has 0 atom stereocenters. The highest BCUT2D eigenvalue weighted by Crippen LogP contribution is 2.30. The molecule has 1 heterocycles. The fourth-order valence-electron chi connectivity index (χ4n) is 5.62. The molecule has 4 aromatic rings. The zero-order valence-electron chi connectivity index (χ0n) is 24.9. The molecule has 5 rings (SSSR count). The largest absolute Gasteiger partial charge is 0.466 e. The Balaban J connectivity index is 1.12. The molecular formula is C37H39N3O4. The summed E-state index contributed by atoms with van der Waals surface area (Å²) in [6, 6.07) is 38.1. The number of esters is 1. The standard InChI is InChI=1S/C37H39N3O4/c41-34(22-23-35(42)44-28-12-15-29-13-4-1-5-14-29)38-33-21-11-10-20-32(33)37(43)40-26-24-39(25-27-40)36(30-16-6-2-7-17-30)31-18-8-3-9-19-31/h1-11,13-14,16-21,36H,12,15,22-28H2,(H,38,41). The van der Waals surface area contributed by atoms with Gasteiger partial charge in [-0.1, -0.05) is 103 Å². The molecule has 0 bridgehead atoms. The van der Waals surface area contributed by atoms with Gasteiger partial charge in [0.2, 0.25) is 5.91 Å². The first-order valence-electron chi connectivity index (χ1n) is 15.3. The summed E-state index contributed by atoms with van der Waals surface area (Å²) in [7, 11) is 0. The van der Waals surface area contributed by atoms with Gasteiger partial charge in [-0.3, -0.25) is 19.3 Å². The van der Waals surface area contributed by atoms with Crippen LogP contribution in [-0.4, -0.2) is 60.4 Å². The third-order valence-electron chi connectivity index (χ3n) is 7.90. The summed E-state index contributed by atoms with van der Waals surface area (Å²) in [6.07, 6.45) is 1.53. The van der Waals surface area contributed by atoms with E-state index < -0.39 is 5.97 Å². The number of piperazine rings is 1. The molecule has 4 aromatic carbocycles. The quantitative estimate of drug-likeness (QED) is 0.159. The van der Waals surface area contributed by atoms with Crippen molar-refractivity contribution < 1.29 is 19.1 Å². The molecule has 0 saturated carbocycles. The second kappa shape index (κ2) is 15.6. The zero-order chi connectivity index (χ0) is 30.6. The molecule has 1 saturated heterocycles. The van der Waals surface area contributed by atoms with E-state index in [4.69, 9.17) is 4.74 Å². The number of nitrogens with one attached hydrogen (secondary N) is 1. The van der Waals surface area contributed by atoms with E-state index in [0.717, 1.165) is 25.9 Å². The number of ether oxygens (including phenoxy) is 1. The maximum atomic E-state index is 13.6. The fourth-order valence-corrected chi connectivity index (χ4v) is 5.62. The molecule has 1 fully saturated rings. The SMILES string of the molecule is O=C(CCC(=O)OCCCc1ccccc1)Nc1ccccc1C(=O)N1CCN(C(c2ccccc2)c2ccccc2)CC1. The van der Waals surface area contributed by atoms with Crippen LogP contribution < -0.4 is 5.32 Å². The van der Waals surface area contributed by atoms with Crippen LogP contribution in [0.2, 0.25) is 0 Å². The van der Waals surface area contributed by atoms with Gasteiger partial charge in [-0.25, -0.2) is 0 Å². The number of benzene rings is 4. The van der Waals surface area contributed by atoms with Crippen molar-refractivity contribution in [1.29, 1.82) is 0 Å². The molecule has 1 aliphatic rings. The molecule has 7 nitrogen and oxygen atoms in total. The van der Waals surface area contributed by atoms with Gasteiger partial charge >= 0.3 is 5.97 Å². The van der Waals surface area contributed by atoms with Crippen LogP contribution in [0.1, 0.15) is 52.4 Å². The Kier molecular flexibility index (Phi) is 10.9. The number of aryl methyl sites for hydroxylation is 1. The third-order valence-corrected chi connectivity index (χ3v) is 7.90. The van der Waals surface area contributed by atoms with E-state index in [2.05, 4.69) is 58.7 Å². The molecule has 0 aliphatic carbocycles. The topological polar surface area (TPSA) is 78.9 Å². The van der Waals surface area contributed by atoms with E-state index in [1.807, 2.05) is 47.4 Å². The van der Waals surface area contributed by atoms with Crippen LogP contribution in [-0.2, 0) is 20.7 Å². The van der Waals surface area contributed by atoms with Crippen molar-refractivity contribution in [2.45, 2.75) is 31.7 Å². The third kappa shape index (κ3) is 8.42. The highest BCUT2D eigenvalue weighted by molar-refractivity contribution is 6.04. The van der Waals surface area contributed by atoms with E-state index in [1.165, 1.54) is 16.7 Å². The second-order valence-electron chi connectivity index (χ2n) is 11.0. The molecule has 0 aromatic heterocycles. The predicted octanol–water partition coefficient (Wildman–Crippen LogP) is 6.13. The molecule has 0 unspecified atom stereocenters. The van der Waals surface area contributed by atoms with Gasteiger partial charge in [-0.05, 0) is 41.7 Å². The van der Waals surface area contributed by atoms with Crippen molar-refractivity contribution >= 4 is 23.5 Å². The van der Waals surface area contributed by atoms with Gasteiger partial charge in [0.25, 0.3) is 5.91 Å². The van der Waals surface area contributed by atoms with Gasteiger partial charge in [0, 0.05) is 32.6 Å². The van der Waals surface area contributed by atoms with E-state index in [-0.39, 0.29) is 30.7 Å². The number of nitrogens with zero attached hydrogens (tertiary/aromatic N) is 2. The number of carbonyl (C=O) groups is 3. The first kappa shape index (κ1) is 30.7. The van der Waals surface area contributed by atoms with Crippen LogP contribution in [0.15, 0.2) is 115 Å². The van der Waals surface area contributed by atoms with Gasteiger partial charge in [0.05, 0.1) is 30.3 Å². The van der Waals surface area contributed by atoms with Crippen LogP contribution in [0.5, 0.6) is 0 Å². The van der Waals surface area contributed by atoms with Crippen LogP contribution in [0.3, 0.4) is 0 Å². The van der Waals surface area contributed by atoms with E-state index >= 15 is 0 Å². The maximum Gasteiger partial charge on any atom is 0.306 e. The first-order chi connectivity index (χ1) is 21.6. The lowest BCUT2D eigenvalue weighted by Crippen LogP contribution is -2.50. The highest BCUT2D eigenvalue weighted by atomic mass is 16.5. The Hall–Kier alpha value is -4.75. The molecule has 44 heavy (non-hydrogen) atoms. The van der Waals surface area contributed by atoms with Crippen molar-refractivity contribution in [3.63, 3.8) is 0 Å². The summed E-state index contributed by atoms with van der Waals surface area (Å²) in [4.78, 5) is 42.8. The lowest BCUT2D eigenvalue weighted by Gasteiger charge is -2.40. The smallest absolute Gasteiger partial charge is 0.306 e. The second-order valence-corrected chi connectivity index (χ2v) is 11.0. The van der Waals surface area contributed by atoms with Crippen molar-refractivity contribution in [2.24, 2.45) is 0 Å². The Morgan fingerprint density at radius 3 is 1.89 bits per heavy atom. The molecular weight excluding hydrogens is 550 g/mol. The van der Waals surface area contributed by atoms with Gasteiger partial charge in [0.1, 0.15) is 0 Å². The van der Waals surface area contributed by atoms with Crippen molar-refractivity contribution in [3.8, 4) is 0 Å². The van der Waals surface area contributed by atoms with Crippen molar-refractivity contribution in [3.05, 3.63) is 138 Å². The number of amides is 2. The minimum absolute atomic E-state index is 0.0146. The van der Waals surface area contributed by atoms with Gasteiger partial charge < -0.3 is 15.0 Å². The number of para-hydroxylation sites is 1. The predicted molar refractivity (Wildman–Crippen MR) is 172 cm³/mol. The molecule has 7 heteroatoms. The number of rotatable bonds is 12. The highest BCUT2D eigenvalue weighted by Gasteiger charge is 2.29. The lowest BCUT2D eigenvalue weighted by atomic mass is 9.96. The number of carbonyl (C=O) groups excluding carboxylic acids is 3. The summed E-state index contributed by atoms with van der Waals surface area (Å²) in [5.41, 5.74) is 4.54. The van der Waals surface area contributed by atoms with Crippen LogP contribution in [0, 0.1) is 0 Å². The summed E-state index contributed by atoms with van der Waals surface area (Å²) in [5, 5.41) is 2.84. The number of hydrogen-bond acceptors (Lipinski definition) is 5. The molecule has 1 N–H and O–H groups in total. The van der Waals surface area contributed by atoms with E-state index in [9.17, 15) is 14.4 Å².